The molecular formula is C41H32N4O2. The minimum Gasteiger partial charge on any atom is -0.457 e. The van der Waals surface area contributed by atoms with E-state index in [2.05, 4.69) is 137 Å². The standard InChI is InChI=1S/C41H32N4O2/c1-27(2)28-21-22-42-39(23-28)45-37-25-32(19-20-33(37)41-40(45)34-15-6-9-18-38(34)47-41)46-31-14-10-13-30(24-31)44-26-43(29-11-4-3-5-12-29)35-16-7-8-17-36(35)44/h3-25,27H,26H2,1-2H3. The van der Waals surface area contributed by atoms with Gasteiger partial charge in [-0.3, -0.25) is 4.57 Å². The molecule has 6 heteroatoms. The van der Waals surface area contributed by atoms with E-state index in [0.29, 0.717) is 12.6 Å². The van der Waals surface area contributed by atoms with Crippen LogP contribution in [0.25, 0.3) is 38.8 Å². The van der Waals surface area contributed by atoms with Crippen molar-refractivity contribution < 1.29 is 9.15 Å². The molecule has 4 heterocycles. The van der Waals surface area contributed by atoms with Crippen LogP contribution in [-0.4, -0.2) is 16.2 Å². The molecule has 6 nitrogen and oxygen atoms in total. The van der Waals surface area contributed by atoms with Crippen LogP contribution in [0.3, 0.4) is 0 Å². The highest BCUT2D eigenvalue weighted by atomic mass is 16.5. The highest BCUT2D eigenvalue weighted by Crippen LogP contribution is 2.45. The lowest BCUT2D eigenvalue weighted by Crippen LogP contribution is -2.23. The van der Waals surface area contributed by atoms with Gasteiger partial charge in [0.25, 0.3) is 0 Å². The monoisotopic (exact) mass is 612 g/mol. The molecule has 1 aliphatic rings. The van der Waals surface area contributed by atoms with Gasteiger partial charge in [-0.15, -0.1) is 0 Å². The Hall–Kier alpha value is -6.01. The zero-order chi connectivity index (χ0) is 31.5. The molecule has 3 aromatic heterocycles. The van der Waals surface area contributed by atoms with E-state index in [0.717, 1.165) is 61.7 Å². The fourth-order valence-corrected chi connectivity index (χ4v) is 6.78. The number of rotatable bonds is 6. The molecule has 0 unspecified atom stereocenters. The summed E-state index contributed by atoms with van der Waals surface area (Å²) in [5, 5.41) is 2.07. The summed E-state index contributed by atoms with van der Waals surface area (Å²) < 4.78 is 15.3. The summed E-state index contributed by atoms with van der Waals surface area (Å²) in [6, 6.07) is 46.0. The van der Waals surface area contributed by atoms with Crippen molar-refractivity contribution in [2.24, 2.45) is 0 Å². The van der Waals surface area contributed by atoms with Crippen molar-refractivity contribution in [3.8, 4) is 17.3 Å². The normalized spacial score (nSPS) is 12.9. The molecule has 9 rings (SSSR count). The lowest BCUT2D eigenvalue weighted by atomic mass is 10.1. The summed E-state index contributed by atoms with van der Waals surface area (Å²) in [6.45, 7) is 5.12. The first kappa shape index (κ1) is 27.3. The second-order valence-electron chi connectivity index (χ2n) is 12.3. The maximum atomic E-state index is 6.59. The first-order valence-electron chi connectivity index (χ1n) is 16.0. The van der Waals surface area contributed by atoms with E-state index in [4.69, 9.17) is 14.1 Å². The summed E-state index contributed by atoms with van der Waals surface area (Å²) >= 11 is 0. The smallest absolute Gasteiger partial charge is 0.161 e. The second-order valence-corrected chi connectivity index (χ2v) is 12.3. The fraction of sp³-hybridized carbons (Fsp3) is 0.0976. The number of anilines is 4. The van der Waals surface area contributed by atoms with Crippen molar-refractivity contribution >= 4 is 55.7 Å². The van der Waals surface area contributed by atoms with E-state index in [-0.39, 0.29) is 0 Å². The van der Waals surface area contributed by atoms with Gasteiger partial charge in [0.15, 0.2) is 5.58 Å². The average Bonchev–Trinajstić information content (AvgIpc) is 3.78. The third-order valence-corrected chi connectivity index (χ3v) is 9.09. The van der Waals surface area contributed by atoms with Crippen LogP contribution in [-0.2, 0) is 0 Å². The summed E-state index contributed by atoms with van der Waals surface area (Å²) in [5.41, 5.74) is 9.52. The van der Waals surface area contributed by atoms with Crippen molar-refractivity contribution in [1.82, 2.24) is 9.55 Å². The van der Waals surface area contributed by atoms with E-state index in [1.807, 2.05) is 30.5 Å². The highest BCUT2D eigenvalue weighted by Gasteiger charge is 2.28. The minimum absolute atomic E-state index is 0.378. The number of hydrogen-bond acceptors (Lipinski definition) is 5. The SMILES string of the molecule is CC(C)c1ccnc(-n2c3cc(Oc4cccc(N5CN(c6ccccc6)c6ccccc65)c4)ccc3c3oc4ccccc4c32)c1. The first-order valence-corrected chi connectivity index (χ1v) is 16.0. The van der Waals surface area contributed by atoms with Gasteiger partial charge in [-0.2, -0.15) is 0 Å². The lowest BCUT2D eigenvalue weighted by Gasteiger charge is -2.22. The molecular weight excluding hydrogens is 580 g/mol. The van der Waals surface area contributed by atoms with Crippen molar-refractivity contribution in [2.45, 2.75) is 19.8 Å². The molecule has 5 aromatic carbocycles. The number of fused-ring (bicyclic) bond motifs is 6. The lowest BCUT2D eigenvalue weighted by molar-refractivity contribution is 0.483. The molecule has 0 N–H and O–H groups in total. The predicted octanol–water partition coefficient (Wildman–Crippen LogP) is 11.1. The molecule has 47 heavy (non-hydrogen) atoms. The van der Waals surface area contributed by atoms with Crippen LogP contribution in [0.5, 0.6) is 11.5 Å². The molecule has 0 radical (unpaired) electrons. The number of aromatic nitrogens is 2. The molecule has 0 atom stereocenters. The second kappa shape index (κ2) is 10.8. The number of ether oxygens (including phenoxy) is 1. The Bertz CT molecular complexity index is 2420. The maximum Gasteiger partial charge on any atom is 0.161 e. The number of nitrogens with zero attached hydrogens (tertiary/aromatic N) is 4. The Balaban J connectivity index is 1.12. The van der Waals surface area contributed by atoms with E-state index in [1.54, 1.807) is 0 Å². The Morgan fingerprint density at radius 2 is 1.38 bits per heavy atom. The van der Waals surface area contributed by atoms with Gasteiger partial charge in [0.2, 0.25) is 0 Å². The van der Waals surface area contributed by atoms with Gasteiger partial charge in [0, 0.05) is 40.5 Å². The molecule has 1 aliphatic heterocycles. The number of benzene rings is 5. The molecule has 0 saturated carbocycles. The Labute approximate surface area is 272 Å². The summed E-state index contributed by atoms with van der Waals surface area (Å²) in [6.07, 6.45) is 1.89. The van der Waals surface area contributed by atoms with Crippen molar-refractivity contribution in [2.75, 3.05) is 16.5 Å². The van der Waals surface area contributed by atoms with E-state index < -0.39 is 0 Å². The molecule has 0 bridgehead atoms. The molecule has 0 aliphatic carbocycles. The Morgan fingerprint density at radius 3 is 2.21 bits per heavy atom. The molecule has 0 saturated heterocycles. The van der Waals surface area contributed by atoms with Crippen molar-refractivity contribution in [1.29, 1.82) is 0 Å². The average molecular weight is 613 g/mol. The topological polar surface area (TPSA) is 46.7 Å². The molecule has 0 fully saturated rings. The summed E-state index contributed by atoms with van der Waals surface area (Å²) in [5.74, 6) is 2.75. The zero-order valence-electron chi connectivity index (χ0n) is 26.2. The number of para-hydroxylation sites is 4. The van der Waals surface area contributed by atoms with E-state index >= 15 is 0 Å². The third kappa shape index (κ3) is 4.52. The van der Waals surface area contributed by atoms with Gasteiger partial charge in [-0.25, -0.2) is 4.98 Å². The number of pyridine rings is 1. The summed E-state index contributed by atoms with van der Waals surface area (Å²) in [7, 11) is 0. The van der Waals surface area contributed by atoms with Gasteiger partial charge in [0.05, 0.1) is 16.9 Å². The van der Waals surface area contributed by atoms with Gasteiger partial charge >= 0.3 is 0 Å². The van der Waals surface area contributed by atoms with Crippen LogP contribution in [0.15, 0.2) is 144 Å². The van der Waals surface area contributed by atoms with Crippen molar-refractivity contribution in [3.63, 3.8) is 0 Å². The quantitative estimate of drug-likeness (QED) is 0.187. The molecule has 8 aromatic rings. The minimum atomic E-state index is 0.378. The van der Waals surface area contributed by atoms with Crippen LogP contribution in [0.4, 0.5) is 22.7 Å². The fourth-order valence-electron chi connectivity index (χ4n) is 6.78. The molecule has 0 spiro atoms. The van der Waals surface area contributed by atoms with E-state index in [9.17, 15) is 0 Å². The third-order valence-electron chi connectivity index (χ3n) is 9.09. The highest BCUT2D eigenvalue weighted by molar-refractivity contribution is 6.16. The predicted molar refractivity (Wildman–Crippen MR) is 191 cm³/mol. The van der Waals surface area contributed by atoms with Crippen LogP contribution in [0.1, 0.15) is 25.3 Å². The van der Waals surface area contributed by atoms with E-state index in [1.165, 1.54) is 16.9 Å². The van der Waals surface area contributed by atoms with Crippen LogP contribution in [0, 0.1) is 0 Å². The summed E-state index contributed by atoms with van der Waals surface area (Å²) in [4.78, 5) is 9.51. The molecule has 0 amide bonds. The maximum absolute atomic E-state index is 6.59. The zero-order valence-corrected chi connectivity index (χ0v) is 26.2. The van der Waals surface area contributed by atoms with Gasteiger partial charge in [-0.05, 0) is 84.3 Å². The molecule has 228 valence electrons. The van der Waals surface area contributed by atoms with Crippen LogP contribution in [0.2, 0.25) is 0 Å². The van der Waals surface area contributed by atoms with Crippen LogP contribution < -0.4 is 14.5 Å². The first-order chi connectivity index (χ1) is 23.1. The number of furan rings is 1. The van der Waals surface area contributed by atoms with Crippen LogP contribution >= 0.6 is 0 Å². The van der Waals surface area contributed by atoms with Crippen molar-refractivity contribution in [3.05, 3.63) is 145 Å². The Morgan fingerprint density at radius 1 is 0.660 bits per heavy atom. The van der Waals surface area contributed by atoms with Gasteiger partial charge in [-0.1, -0.05) is 62.4 Å². The Kier molecular flexibility index (Phi) is 6.28. The van der Waals surface area contributed by atoms with Gasteiger partial charge < -0.3 is 19.0 Å². The largest absolute Gasteiger partial charge is 0.457 e. The van der Waals surface area contributed by atoms with Gasteiger partial charge in [0.1, 0.15) is 35.1 Å². The number of hydrogen-bond donors (Lipinski definition) is 0.